The first-order chi connectivity index (χ1) is 7.07. The van der Waals surface area contributed by atoms with Gasteiger partial charge in [-0.3, -0.25) is 0 Å². The van der Waals surface area contributed by atoms with Crippen LogP contribution >= 0.6 is 15.9 Å². The third-order valence-electron chi connectivity index (χ3n) is 3.17. The van der Waals surface area contributed by atoms with Gasteiger partial charge in [0.25, 0.3) is 0 Å². The second-order valence-corrected chi connectivity index (χ2v) is 5.12. The van der Waals surface area contributed by atoms with Crippen molar-refractivity contribution in [1.82, 2.24) is 0 Å². The van der Waals surface area contributed by atoms with Crippen LogP contribution in [0.1, 0.15) is 18.4 Å². The molecule has 0 aliphatic heterocycles. The largest absolute Gasteiger partial charge is 0.508 e. The highest BCUT2D eigenvalue weighted by molar-refractivity contribution is 9.10. The molecular weight excluding hydrogens is 258 g/mol. The summed E-state index contributed by atoms with van der Waals surface area (Å²) in [6.45, 7) is 0.458. The summed E-state index contributed by atoms with van der Waals surface area (Å²) in [4.78, 5) is 0. The molecule has 0 atom stereocenters. The molecule has 0 aromatic heterocycles. The van der Waals surface area contributed by atoms with Crippen LogP contribution in [0.2, 0.25) is 0 Å². The number of halogens is 1. The molecule has 15 heavy (non-hydrogen) atoms. The van der Waals surface area contributed by atoms with Crippen molar-refractivity contribution in [3.63, 3.8) is 0 Å². The standard InChI is InChI=1S/C11H14BrNO2/c12-7-1-2-9(10(15)3-7)11(6-13)4-8(14)5-11/h1-3,8,14-15H,4-6,13H2. The summed E-state index contributed by atoms with van der Waals surface area (Å²) in [5, 5.41) is 19.2. The number of phenols is 1. The number of rotatable bonds is 2. The first kappa shape index (κ1) is 10.9. The van der Waals surface area contributed by atoms with E-state index in [4.69, 9.17) is 5.73 Å². The van der Waals surface area contributed by atoms with Gasteiger partial charge in [0.05, 0.1) is 6.10 Å². The molecule has 1 aromatic carbocycles. The number of benzene rings is 1. The van der Waals surface area contributed by atoms with Crippen LogP contribution in [-0.4, -0.2) is 22.9 Å². The zero-order valence-corrected chi connectivity index (χ0v) is 9.87. The van der Waals surface area contributed by atoms with Gasteiger partial charge in [0.15, 0.2) is 0 Å². The van der Waals surface area contributed by atoms with E-state index in [0.717, 1.165) is 10.0 Å². The number of hydrogen-bond donors (Lipinski definition) is 3. The molecule has 1 fully saturated rings. The molecule has 4 heteroatoms. The van der Waals surface area contributed by atoms with E-state index in [1.54, 1.807) is 6.07 Å². The van der Waals surface area contributed by atoms with Gasteiger partial charge < -0.3 is 15.9 Å². The molecule has 4 N–H and O–H groups in total. The van der Waals surface area contributed by atoms with Gasteiger partial charge in [-0.2, -0.15) is 0 Å². The number of phenolic OH excluding ortho intramolecular Hbond substituents is 1. The summed E-state index contributed by atoms with van der Waals surface area (Å²) in [7, 11) is 0. The lowest BCUT2D eigenvalue weighted by Crippen LogP contribution is -2.49. The predicted molar refractivity (Wildman–Crippen MR) is 61.8 cm³/mol. The van der Waals surface area contributed by atoms with Crippen LogP contribution in [0.25, 0.3) is 0 Å². The smallest absolute Gasteiger partial charge is 0.120 e. The molecule has 1 aliphatic carbocycles. The fraction of sp³-hybridized carbons (Fsp3) is 0.455. The Morgan fingerprint density at radius 3 is 2.60 bits per heavy atom. The Morgan fingerprint density at radius 1 is 1.47 bits per heavy atom. The Labute approximate surface area is 97.0 Å². The quantitative estimate of drug-likeness (QED) is 0.764. The van der Waals surface area contributed by atoms with E-state index < -0.39 is 0 Å². The maximum absolute atomic E-state index is 9.84. The number of aliphatic hydroxyl groups excluding tert-OH is 1. The molecule has 1 aliphatic rings. The third kappa shape index (κ3) is 1.77. The lowest BCUT2D eigenvalue weighted by atomic mass is 9.62. The molecule has 1 aromatic rings. The second-order valence-electron chi connectivity index (χ2n) is 4.21. The number of nitrogens with two attached hydrogens (primary N) is 1. The van der Waals surface area contributed by atoms with Gasteiger partial charge in [-0.15, -0.1) is 0 Å². The first-order valence-corrected chi connectivity index (χ1v) is 5.74. The predicted octanol–water partition coefficient (Wildman–Crippen LogP) is 1.51. The molecular formula is C11H14BrNO2. The maximum atomic E-state index is 9.84. The Balaban J connectivity index is 2.36. The molecule has 0 radical (unpaired) electrons. The molecule has 2 rings (SSSR count). The van der Waals surface area contributed by atoms with Crippen molar-refractivity contribution in [1.29, 1.82) is 0 Å². The Hall–Kier alpha value is -0.580. The molecule has 0 heterocycles. The van der Waals surface area contributed by atoms with E-state index in [-0.39, 0.29) is 17.3 Å². The molecule has 82 valence electrons. The van der Waals surface area contributed by atoms with Crippen molar-refractivity contribution >= 4 is 15.9 Å². The highest BCUT2D eigenvalue weighted by atomic mass is 79.9. The fourth-order valence-corrected chi connectivity index (χ4v) is 2.64. The average Bonchev–Trinajstić information content (AvgIpc) is 2.13. The van der Waals surface area contributed by atoms with Crippen molar-refractivity contribution < 1.29 is 10.2 Å². The normalized spacial score (nSPS) is 29.9. The zero-order valence-electron chi connectivity index (χ0n) is 8.28. The Bertz CT molecular complexity index is 375. The summed E-state index contributed by atoms with van der Waals surface area (Å²) < 4.78 is 0.843. The van der Waals surface area contributed by atoms with Crippen molar-refractivity contribution in [2.75, 3.05) is 6.54 Å². The van der Waals surface area contributed by atoms with Gasteiger partial charge in [0, 0.05) is 22.0 Å². The first-order valence-electron chi connectivity index (χ1n) is 4.94. The molecule has 0 spiro atoms. The van der Waals surface area contributed by atoms with E-state index >= 15 is 0 Å². The van der Waals surface area contributed by atoms with Crippen LogP contribution in [-0.2, 0) is 5.41 Å². The van der Waals surface area contributed by atoms with Gasteiger partial charge >= 0.3 is 0 Å². The van der Waals surface area contributed by atoms with E-state index in [9.17, 15) is 10.2 Å². The molecule has 0 bridgehead atoms. The monoisotopic (exact) mass is 271 g/mol. The van der Waals surface area contributed by atoms with E-state index in [0.29, 0.717) is 19.4 Å². The molecule has 0 unspecified atom stereocenters. The van der Waals surface area contributed by atoms with Gasteiger partial charge in [0.2, 0.25) is 0 Å². The number of aliphatic hydroxyl groups is 1. The summed E-state index contributed by atoms with van der Waals surface area (Å²) in [6.07, 6.45) is 0.994. The van der Waals surface area contributed by atoms with Gasteiger partial charge in [0.1, 0.15) is 5.75 Å². The SMILES string of the molecule is NCC1(c2ccc(Br)cc2O)CC(O)C1. The average molecular weight is 272 g/mol. The topological polar surface area (TPSA) is 66.5 Å². The fourth-order valence-electron chi connectivity index (χ4n) is 2.29. The van der Waals surface area contributed by atoms with Crippen LogP contribution in [0.3, 0.4) is 0 Å². The Morgan fingerprint density at radius 2 is 2.13 bits per heavy atom. The van der Waals surface area contributed by atoms with Crippen molar-refractivity contribution in [3.05, 3.63) is 28.2 Å². The summed E-state index contributed by atoms with van der Waals surface area (Å²) in [6, 6.07) is 5.42. The number of hydrogen-bond acceptors (Lipinski definition) is 3. The van der Waals surface area contributed by atoms with Crippen LogP contribution < -0.4 is 5.73 Å². The molecule has 0 saturated heterocycles. The Kier molecular flexibility index (Phi) is 2.75. The minimum atomic E-state index is -0.281. The van der Waals surface area contributed by atoms with Crippen molar-refractivity contribution in [2.45, 2.75) is 24.4 Å². The van der Waals surface area contributed by atoms with Gasteiger partial charge in [-0.1, -0.05) is 22.0 Å². The van der Waals surface area contributed by atoms with Crippen molar-refractivity contribution in [3.8, 4) is 5.75 Å². The van der Waals surface area contributed by atoms with Crippen LogP contribution in [0.5, 0.6) is 5.75 Å². The molecule has 0 amide bonds. The highest BCUT2D eigenvalue weighted by Gasteiger charge is 2.45. The van der Waals surface area contributed by atoms with E-state index in [1.165, 1.54) is 0 Å². The minimum Gasteiger partial charge on any atom is -0.508 e. The summed E-state index contributed by atoms with van der Waals surface area (Å²) >= 11 is 3.30. The van der Waals surface area contributed by atoms with Gasteiger partial charge in [-0.25, -0.2) is 0 Å². The molecule has 1 saturated carbocycles. The second kappa shape index (κ2) is 3.77. The molecule has 3 nitrogen and oxygen atoms in total. The third-order valence-corrected chi connectivity index (χ3v) is 3.67. The van der Waals surface area contributed by atoms with E-state index in [2.05, 4.69) is 15.9 Å². The lowest BCUT2D eigenvalue weighted by molar-refractivity contribution is 0.0211. The van der Waals surface area contributed by atoms with Crippen LogP contribution in [0.4, 0.5) is 0 Å². The van der Waals surface area contributed by atoms with Crippen LogP contribution in [0.15, 0.2) is 22.7 Å². The minimum absolute atomic E-state index is 0.232. The summed E-state index contributed by atoms with van der Waals surface area (Å²) in [5.74, 6) is 0.252. The zero-order chi connectivity index (χ0) is 11.1. The van der Waals surface area contributed by atoms with Crippen LogP contribution in [0, 0.1) is 0 Å². The maximum Gasteiger partial charge on any atom is 0.120 e. The van der Waals surface area contributed by atoms with E-state index in [1.807, 2.05) is 12.1 Å². The van der Waals surface area contributed by atoms with Crippen molar-refractivity contribution in [2.24, 2.45) is 5.73 Å². The lowest BCUT2D eigenvalue weighted by Gasteiger charge is -2.45. The number of aromatic hydroxyl groups is 1. The highest BCUT2D eigenvalue weighted by Crippen LogP contribution is 2.46. The summed E-state index contributed by atoms with van der Waals surface area (Å²) in [5.41, 5.74) is 6.35. The van der Waals surface area contributed by atoms with Gasteiger partial charge in [-0.05, 0) is 25.0 Å².